The van der Waals surface area contributed by atoms with Crippen molar-refractivity contribution in [2.75, 3.05) is 13.2 Å². The molecule has 0 saturated carbocycles. The van der Waals surface area contributed by atoms with Crippen LogP contribution in [0.1, 0.15) is 317 Å². The second-order valence-corrected chi connectivity index (χ2v) is 20.5. The fourth-order valence-electron chi connectivity index (χ4n) is 8.70. The molecule has 0 aromatic carbocycles. The average molecular weight is 892 g/mol. The van der Waals surface area contributed by atoms with Gasteiger partial charge in [-0.15, -0.1) is 0 Å². The van der Waals surface area contributed by atoms with Gasteiger partial charge in [-0.3, -0.25) is 14.4 Å². The molecule has 0 aromatic rings. The standard InChI is InChI=1S/C57H110O6/c1-6-7-8-9-10-11-12-13-14-15-16-17-18-21-27-32-37-42-47-55(58)61-50-54(63-57(60)49-44-39-34-29-24-23-26-31-36-41-46-53(4)5)51-62-56(59)48-43-38-33-28-22-19-20-25-30-35-40-45-52(2)3/h52-54H,6-51H2,1-5H3/t54-/m0/s1. The van der Waals surface area contributed by atoms with E-state index < -0.39 is 6.10 Å². The molecule has 0 fully saturated rings. The molecule has 0 amide bonds. The van der Waals surface area contributed by atoms with Crippen LogP contribution in [0.3, 0.4) is 0 Å². The van der Waals surface area contributed by atoms with Crippen molar-refractivity contribution >= 4 is 17.9 Å². The molecular formula is C57H110O6. The van der Waals surface area contributed by atoms with Crippen LogP contribution in [0, 0.1) is 11.8 Å². The van der Waals surface area contributed by atoms with Crippen molar-refractivity contribution in [2.45, 2.75) is 323 Å². The van der Waals surface area contributed by atoms with Crippen LogP contribution in [0.15, 0.2) is 0 Å². The van der Waals surface area contributed by atoms with Crippen molar-refractivity contribution in [3.63, 3.8) is 0 Å². The zero-order valence-corrected chi connectivity index (χ0v) is 43.2. The Balaban J connectivity index is 4.28. The third-order valence-electron chi connectivity index (χ3n) is 13.0. The van der Waals surface area contributed by atoms with Gasteiger partial charge in [0, 0.05) is 19.3 Å². The maximum absolute atomic E-state index is 12.8. The molecule has 0 aliphatic heterocycles. The minimum atomic E-state index is -0.763. The van der Waals surface area contributed by atoms with Crippen molar-refractivity contribution in [1.82, 2.24) is 0 Å². The molecule has 0 rings (SSSR count). The van der Waals surface area contributed by atoms with Crippen LogP contribution < -0.4 is 0 Å². The van der Waals surface area contributed by atoms with E-state index in [1.165, 1.54) is 205 Å². The summed E-state index contributed by atoms with van der Waals surface area (Å²) in [5.41, 5.74) is 0. The minimum absolute atomic E-state index is 0.0632. The Bertz CT molecular complexity index is 962. The average Bonchev–Trinajstić information content (AvgIpc) is 3.25. The van der Waals surface area contributed by atoms with Gasteiger partial charge in [-0.25, -0.2) is 0 Å². The number of rotatable bonds is 51. The van der Waals surface area contributed by atoms with Crippen LogP contribution in [-0.2, 0) is 28.6 Å². The molecule has 63 heavy (non-hydrogen) atoms. The van der Waals surface area contributed by atoms with E-state index in [9.17, 15) is 14.4 Å². The highest BCUT2D eigenvalue weighted by Crippen LogP contribution is 2.18. The third kappa shape index (κ3) is 51.3. The molecular weight excluding hydrogens is 781 g/mol. The predicted molar refractivity (Wildman–Crippen MR) is 270 cm³/mol. The van der Waals surface area contributed by atoms with E-state index in [-0.39, 0.29) is 31.1 Å². The minimum Gasteiger partial charge on any atom is -0.462 e. The number of carbonyl (C=O) groups is 3. The van der Waals surface area contributed by atoms with Crippen molar-refractivity contribution < 1.29 is 28.6 Å². The van der Waals surface area contributed by atoms with Crippen molar-refractivity contribution in [3.8, 4) is 0 Å². The summed E-state index contributed by atoms with van der Waals surface area (Å²) in [6.45, 7) is 11.4. The second kappa shape index (κ2) is 49.8. The topological polar surface area (TPSA) is 78.9 Å². The zero-order chi connectivity index (χ0) is 46.1. The molecule has 0 N–H and O–H groups in total. The zero-order valence-electron chi connectivity index (χ0n) is 43.2. The predicted octanol–water partition coefficient (Wildman–Crippen LogP) is 18.5. The number of esters is 3. The van der Waals surface area contributed by atoms with E-state index in [1.807, 2.05) is 0 Å². The summed E-state index contributed by atoms with van der Waals surface area (Å²) in [6, 6.07) is 0. The van der Waals surface area contributed by atoms with Crippen LogP contribution in [0.25, 0.3) is 0 Å². The van der Waals surface area contributed by atoms with Crippen LogP contribution in [-0.4, -0.2) is 37.2 Å². The molecule has 6 nitrogen and oxygen atoms in total. The summed E-state index contributed by atoms with van der Waals surface area (Å²) in [5.74, 6) is 0.800. The lowest BCUT2D eigenvalue weighted by Crippen LogP contribution is -2.30. The van der Waals surface area contributed by atoms with E-state index >= 15 is 0 Å². The number of carbonyl (C=O) groups excluding carboxylic acids is 3. The van der Waals surface area contributed by atoms with E-state index in [4.69, 9.17) is 14.2 Å². The van der Waals surface area contributed by atoms with Crippen LogP contribution >= 0.6 is 0 Å². The van der Waals surface area contributed by atoms with E-state index in [2.05, 4.69) is 34.6 Å². The van der Waals surface area contributed by atoms with Gasteiger partial charge in [-0.05, 0) is 31.1 Å². The van der Waals surface area contributed by atoms with Gasteiger partial charge in [-0.1, -0.05) is 279 Å². The van der Waals surface area contributed by atoms with Gasteiger partial charge in [0.25, 0.3) is 0 Å². The van der Waals surface area contributed by atoms with Crippen molar-refractivity contribution in [3.05, 3.63) is 0 Å². The van der Waals surface area contributed by atoms with Gasteiger partial charge in [-0.2, -0.15) is 0 Å². The largest absolute Gasteiger partial charge is 0.462 e. The summed E-state index contributed by atoms with van der Waals surface area (Å²) in [5, 5.41) is 0. The molecule has 0 spiro atoms. The van der Waals surface area contributed by atoms with E-state index in [1.54, 1.807) is 0 Å². The van der Waals surface area contributed by atoms with Gasteiger partial charge in [0.1, 0.15) is 13.2 Å². The Kier molecular flexibility index (Phi) is 48.6. The molecule has 1 atom stereocenters. The molecule has 0 aliphatic rings. The maximum atomic E-state index is 12.8. The van der Waals surface area contributed by atoms with Gasteiger partial charge in [0.2, 0.25) is 0 Å². The molecule has 0 heterocycles. The first-order chi connectivity index (χ1) is 30.7. The first-order valence-electron chi connectivity index (χ1n) is 28.2. The molecule has 0 unspecified atom stereocenters. The molecule has 0 saturated heterocycles. The van der Waals surface area contributed by atoms with Crippen molar-refractivity contribution in [1.29, 1.82) is 0 Å². The van der Waals surface area contributed by atoms with Crippen LogP contribution in [0.2, 0.25) is 0 Å². The molecule has 0 radical (unpaired) electrons. The lowest BCUT2D eigenvalue weighted by atomic mass is 10.0. The Hall–Kier alpha value is -1.59. The smallest absolute Gasteiger partial charge is 0.306 e. The Morgan fingerprint density at radius 2 is 0.524 bits per heavy atom. The SMILES string of the molecule is CCCCCCCCCCCCCCCCCCCCC(=O)OC[C@@H](COC(=O)CCCCCCCCCCCCCC(C)C)OC(=O)CCCCCCCCCCCCC(C)C. The molecule has 0 bridgehead atoms. The highest BCUT2D eigenvalue weighted by atomic mass is 16.6. The number of ether oxygens (including phenoxy) is 3. The summed E-state index contributed by atoms with van der Waals surface area (Å²) in [4.78, 5) is 38.1. The van der Waals surface area contributed by atoms with E-state index in [0.717, 1.165) is 69.6 Å². The normalized spacial score (nSPS) is 12.0. The van der Waals surface area contributed by atoms with Gasteiger partial charge in [0.05, 0.1) is 0 Å². The van der Waals surface area contributed by atoms with Gasteiger partial charge in [0.15, 0.2) is 6.10 Å². The Morgan fingerprint density at radius 3 is 0.778 bits per heavy atom. The fourth-order valence-corrected chi connectivity index (χ4v) is 8.70. The summed E-state index contributed by atoms with van der Waals surface area (Å²) >= 11 is 0. The Morgan fingerprint density at radius 1 is 0.302 bits per heavy atom. The number of hydrogen-bond acceptors (Lipinski definition) is 6. The number of hydrogen-bond donors (Lipinski definition) is 0. The highest BCUT2D eigenvalue weighted by molar-refractivity contribution is 5.71. The van der Waals surface area contributed by atoms with E-state index in [0.29, 0.717) is 19.3 Å². The summed E-state index contributed by atoms with van der Waals surface area (Å²) in [6.07, 6.45) is 52.4. The van der Waals surface area contributed by atoms with Gasteiger partial charge < -0.3 is 14.2 Å². The monoisotopic (exact) mass is 891 g/mol. The lowest BCUT2D eigenvalue weighted by Gasteiger charge is -2.18. The Labute approximate surface area is 393 Å². The first-order valence-corrected chi connectivity index (χ1v) is 28.2. The summed E-state index contributed by atoms with van der Waals surface area (Å²) < 4.78 is 16.9. The maximum Gasteiger partial charge on any atom is 0.306 e. The van der Waals surface area contributed by atoms with Crippen LogP contribution in [0.4, 0.5) is 0 Å². The second-order valence-electron chi connectivity index (χ2n) is 20.5. The molecule has 0 aliphatic carbocycles. The highest BCUT2D eigenvalue weighted by Gasteiger charge is 2.19. The fraction of sp³-hybridized carbons (Fsp3) is 0.947. The lowest BCUT2D eigenvalue weighted by molar-refractivity contribution is -0.167. The quantitative estimate of drug-likeness (QED) is 0.0344. The first kappa shape index (κ1) is 61.4. The van der Waals surface area contributed by atoms with Crippen molar-refractivity contribution in [2.24, 2.45) is 11.8 Å². The third-order valence-corrected chi connectivity index (χ3v) is 13.0. The van der Waals surface area contributed by atoms with Crippen LogP contribution in [0.5, 0.6) is 0 Å². The molecule has 0 aromatic heterocycles. The summed E-state index contributed by atoms with van der Waals surface area (Å²) in [7, 11) is 0. The molecule has 374 valence electrons. The van der Waals surface area contributed by atoms with Gasteiger partial charge >= 0.3 is 17.9 Å². The molecule has 6 heteroatoms. The number of unbranched alkanes of at least 4 members (excludes halogenated alkanes) is 36.